The summed E-state index contributed by atoms with van der Waals surface area (Å²) in [6.07, 6.45) is 1.69. The first-order valence-electron chi connectivity index (χ1n) is 19.9. The quantitative estimate of drug-likeness (QED) is 0.0217. The molecule has 0 aliphatic carbocycles. The molecule has 4 amide bonds. The lowest BCUT2D eigenvalue weighted by Crippen LogP contribution is -2.76. The SMILES string of the molecule is C[n+]1cc(-c2ccc(OC[C@H](O/N=C(\C(=O)N[C@@H]3C(=O)N(OS(=O)(=O)O)C3(C)C)c3csc(NC(=O)OC(C)(C)C)n3)C(=O)OC(C)(C)C)cc2)cn1CCCNC(=O)OC(C)(C)C. The summed E-state index contributed by atoms with van der Waals surface area (Å²) in [7, 11) is -3.19. The number of rotatable bonds is 17. The molecule has 1 saturated heterocycles. The van der Waals surface area contributed by atoms with Gasteiger partial charge < -0.3 is 34.4 Å². The molecular formula is C40H57N8O14S2+. The number of aryl methyl sites for hydroxylation is 2. The summed E-state index contributed by atoms with van der Waals surface area (Å²) >= 11 is 0.893. The van der Waals surface area contributed by atoms with Crippen molar-refractivity contribution in [3.05, 3.63) is 47.7 Å². The smallest absolute Gasteiger partial charge is 0.418 e. The third-order valence-corrected chi connectivity index (χ3v) is 9.57. The Morgan fingerprint density at radius 1 is 0.953 bits per heavy atom. The molecule has 0 spiro atoms. The Labute approximate surface area is 375 Å². The van der Waals surface area contributed by atoms with E-state index in [4.69, 9.17) is 28.3 Å². The number of benzene rings is 1. The molecule has 1 aliphatic rings. The van der Waals surface area contributed by atoms with Gasteiger partial charge in [0.25, 0.3) is 17.9 Å². The number of hydroxylamine groups is 2. The number of aromatic nitrogens is 3. The van der Waals surface area contributed by atoms with E-state index in [0.29, 0.717) is 30.3 Å². The van der Waals surface area contributed by atoms with E-state index in [2.05, 4.69) is 30.4 Å². The van der Waals surface area contributed by atoms with Crippen molar-refractivity contribution in [3.8, 4) is 16.9 Å². The number of esters is 1. The maximum atomic E-state index is 13.9. The maximum absolute atomic E-state index is 13.9. The molecule has 64 heavy (non-hydrogen) atoms. The third kappa shape index (κ3) is 15.2. The molecular weight excluding hydrogens is 881 g/mol. The highest BCUT2D eigenvalue weighted by Crippen LogP contribution is 2.33. The summed E-state index contributed by atoms with van der Waals surface area (Å²) in [5.74, 6) is -2.64. The monoisotopic (exact) mass is 937 g/mol. The molecule has 352 valence electrons. The Bertz CT molecular complexity index is 2320. The van der Waals surface area contributed by atoms with Gasteiger partial charge in [-0.05, 0) is 100 Å². The van der Waals surface area contributed by atoms with Crippen LogP contribution in [0.15, 0.2) is 47.2 Å². The van der Waals surface area contributed by atoms with Crippen molar-refractivity contribution in [1.82, 2.24) is 25.4 Å². The standard InChI is InChI=1S/C40H56N8O14S2/c1-37(2,3)58-33(51)28(22-57-26-16-14-24(15-17-26)25-20-46(12)47(21-25)19-13-18-41-35(52)59-38(4,5)6)61-45-29(27-23-63-34(42-27)44-36(53)60-39(7,8)9)31(49)43-30-32(50)48(40(30,10)11)62-64(54,55)56/h14-17,20-21,23,28,30H,13,18-19,22H2,1-12H3,(H3-,41,42,43,44,49,52,53,54,55,56)/p+1/b45-29-/t28-,30+/m0/s1. The molecule has 0 bridgehead atoms. The molecule has 22 nitrogen and oxygen atoms in total. The van der Waals surface area contributed by atoms with E-state index < -0.39 is 87.2 Å². The predicted molar refractivity (Wildman–Crippen MR) is 230 cm³/mol. The van der Waals surface area contributed by atoms with Gasteiger partial charge in [-0.2, -0.15) is 18.2 Å². The fraction of sp³-hybridized carbons (Fsp3) is 0.550. The van der Waals surface area contributed by atoms with Gasteiger partial charge >= 0.3 is 28.6 Å². The first-order valence-corrected chi connectivity index (χ1v) is 22.2. The lowest BCUT2D eigenvalue weighted by Gasteiger charge is -2.50. The van der Waals surface area contributed by atoms with Crippen molar-refractivity contribution in [2.45, 2.75) is 124 Å². The molecule has 0 saturated carbocycles. The van der Waals surface area contributed by atoms with E-state index in [0.717, 1.165) is 22.5 Å². The van der Waals surface area contributed by atoms with Crippen LogP contribution in [-0.2, 0) is 61.7 Å². The zero-order valence-corrected chi connectivity index (χ0v) is 39.5. The Hall–Kier alpha value is -5.85. The number of carbonyl (C=O) groups is 5. The number of ether oxygens (including phenoxy) is 4. The fourth-order valence-electron chi connectivity index (χ4n) is 5.67. The van der Waals surface area contributed by atoms with Gasteiger partial charge in [0.1, 0.15) is 40.9 Å². The van der Waals surface area contributed by atoms with Gasteiger partial charge in [-0.3, -0.25) is 19.5 Å². The van der Waals surface area contributed by atoms with Crippen molar-refractivity contribution in [2.24, 2.45) is 12.2 Å². The largest absolute Gasteiger partial charge is 0.489 e. The minimum Gasteiger partial charge on any atom is -0.489 e. The van der Waals surface area contributed by atoms with E-state index in [1.54, 1.807) is 74.4 Å². The molecule has 4 N–H and O–H groups in total. The van der Waals surface area contributed by atoms with Crippen LogP contribution >= 0.6 is 11.3 Å². The fourth-order valence-corrected chi connectivity index (χ4v) is 6.81. The number of hydrogen-bond acceptors (Lipinski definition) is 16. The highest BCUT2D eigenvalue weighted by atomic mass is 32.3. The number of oxime groups is 1. The third-order valence-electron chi connectivity index (χ3n) is 8.47. The van der Waals surface area contributed by atoms with Crippen LogP contribution in [0.2, 0.25) is 0 Å². The van der Waals surface area contributed by atoms with Gasteiger partial charge in [0.2, 0.25) is 6.20 Å². The van der Waals surface area contributed by atoms with E-state index in [9.17, 15) is 32.4 Å². The van der Waals surface area contributed by atoms with Crippen molar-refractivity contribution in [3.63, 3.8) is 0 Å². The molecule has 3 heterocycles. The van der Waals surface area contributed by atoms with Crippen LogP contribution in [0.5, 0.6) is 5.75 Å². The van der Waals surface area contributed by atoms with Crippen LogP contribution < -0.4 is 25.4 Å². The summed E-state index contributed by atoms with van der Waals surface area (Å²) in [6.45, 7) is 18.6. The number of β-lactam (4-membered cyclic amide) rings is 1. The number of thiazole rings is 1. The van der Waals surface area contributed by atoms with Gasteiger partial charge in [0.15, 0.2) is 17.9 Å². The summed E-state index contributed by atoms with van der Waals surface area (Å²) in [4.78, 5) is 74.6. The molecule has 1 aromatic carbocycles. The first-order chi connectivity index (χ1) is 29.4. The zero-order valence-electron chi connectivity index (χ0n) is 37.8. The minimum atomic E-state index is -5.08. The molecule has 1 fully saturated rings. The second kappa shape index (κ2) is 19.9. The first kappa shape index (κ1) is 50.8. The molecule has 0 radical (unpaired) electrons. The molecule has 1 aliphatic heterocycles. The number of amides is 4. The van der Waals surface area contributed by atoms with Crippen LogP contribution in [0.4, 0.5) is 14.7 Å². The Kier molecular flexibility index (Phi) is 15.8. The van der Waals surface area contributed by atoms with Crippen molar-refractivity contribution >= 4 is 62.5 Å². The van der Waals surface area contributed by atoms with Gasteiger partial charge in [-0.1, -0.05) is 17.3 Å². The van der Waals surface area contributed by atoms with Gasteiger partial charge in [-0.15, -0.1) is 20.3 Å². The Morgan fingerprint density at radius 3 is 2.14 bits per heavy atom. The van der Waals surface area contributed by atoms with Gasteiger partial charge in [-0.25, -0.2) is 19.4 Å². The van der Waals surface area contributed by atoms with Crippen LogP contribution in [0.1, 0.15) is 88.3 Å². The van der Waals surface area contributed by atoms with E-state index in [-0.39, 0.29) is 10.8 Å². The summed E-state index contributed by atoms with van der Waals surface area (Å²) < 4.78 is 62.2. The van der Waals surface area contributed by atoms with Crippen molar-refractivity contribution in [2.75, 3.05) is 18.5 Å². The van der Waals surface area contributed by atoms with Gasteiger partial charge in [0.05, 0.1) is 23.8 Å². The predicted octanol–water partition coefficient (Wildman–Crippen LogP) is 4.05. The average molecular weight is 938 g/mol. The minimum absolute atomic E-state index is 0.00841. The highest BCUT2D eigenvalue weighted by molar-refractivity contribution is 7.80. The summed E-state index contributed by atoms with van der Waals surface area (Å²) in [5, 5.41) is 13.3. The van der Waals surface area contributed by atoms with E-state index >= 15 is 0 Å². The van der Waals surface area contributed by atoms with Crippen LogP contribution in [0.25, 0.3) is 11.1 Å². The topological polar surface area (TPSA) is 268 Å². The summed E-state index contributed by atoms with van der Waals surface area (Å²) in [5.41, 5.74) is -2.86. The molecule has 0 unspecified atom stereocenters. The second-order valence-electron chi connectivity index (χ2n) is 18.0. The van der Waals surface area contributed by atoms with Crippen LogP contribution in [-0.4, -0.2) is 111 Å². The number of hydrogen-bond donors (Lipinski definition) is 4. The van der Waals surface area contributed by atoms with Gasteiger partial charge in [0, 0.05) is 11.9 Å². The molecule has 4 rings (SSSR count). The number of carbonyl (C=O) groups excluding carboxylic acids is 5. The number of nitrogens with one attached hydrogen (secondary N) is 3. The zero-order chi connectivity index (χ0) is 48.0. The maximum Gasteiger partial charge on any atom is 0.418 e. The molecule has 2 aromatic heterocycles. The Balaban J connectivity index is 1.53. The lowest BCUT2D eigenvalue weighted by atomic mass is 9.84. The average Bonchev–Trinajstić information content (AvgIpc) is 3.75. The number of alkyl carbamates (subject to hydrolysis) is 1. The van der Waals surface area contributed by atoms with Crippen LogP contribution in [0.3, 0.4) is 0 Å². The second-order valence-corrected chi connectivity index (χ2v) is 19.9. The summed E-state index contributed by atoms with van der Waals surface area (Å²) in [6, 6.07) is 5.62. The van der Waals surface area contributed by atoms with Crippen LogP contribution in [0, 0.1) is 0 Å². The lowest BCUT2D eigenvalue weighted by molar-refractivity contribution is -0.753. The highest BCUT2D eigenvalue weighted by Gasteiger charge is 2.58. The number of anilines is 1. The Morgan fingerprint density at radius 2 is 1.56 bits per heavy atom. The van der Waals surface area contributed by atoms with E-state index in [1.807, 2.05) is 40.9 Å². The number of nitrogens with zero attached hydrogens (tertiary/aromatic N) is 5. The normalized spacial score (nSPS) is 16.0. The van der Waals surface area contributed by atoms with Crippen molar-refractivity contribution in [1.29, 1.82) is 0 Å². The molecule has 24 heteroatoms. The van der Waals surface area contributed by atoms with Crippen molar-refractivity contribution < 1.29 is 69.7 Å². The van der Waals surface area contributed by atoms with E-state index in [1.165, 1.54) is 19.2 Å². The molecule has 2 atom stereocenters. The molecule has 3 aromatic rings.